The first-order valence-corrected chi connectivity index (χ1v) is 12.1. The second-order valence-corrected chi connectivity index (χ2v) is 9.49. The summed E-state index contributed by atoms with van der Waals surface area (Å²) in [5, 5.41) is 21.3. The second-order valence-electron chi connectivity index (χ2n) is 9.06. The highest BCUT2D eigenvalue weighted by atomic mass is 35.5. The van der Waals surface area contributed by atoms with Crippen molar-refractivity contribution in [3.8, 4) is 11.8 Å². The second kappa shape index (κ2) is 9.64. The minimum Gasteiger partial charge on any atom is -0.488 e. The zero-order valence-corrected chi connectivity index (χ0v) is 19.8. The molecule has 3 aromatic rings. The molecule has 1 saturated heterocycles. The molecule has 2 aliphatic rings. The first-order valence-electron chi connectivity index (χ1n) is 11.7. The average Bonchev–Trinajstić information content (AvgIpc) is 3.02. The van der Waals surface area contributed by atoms with Crippen molar-refractivity contribution in [2.24, 2.45) is 0 Å². The number of nitriles is 1. The molecule has 0 unspecified atom stereocenters. The van der Waals surface area contributed by atoms with E-state index < -0.39 is 5.60 Å². The molecule has 3 aromatic carbocycles. The molecule has 2 heterocycles. The highest BCUT2D eigenvalue weighted by Gasteiger charge is 2.33. The molecule has 34 heavy (non-hydrogen) atoms. The average molecular weight is 471 g/mol. The molecule has 1 fully saturated rings. The van der Waals surface area contributed by atoms with E-state index in [1.165, 1.54) is 0 Å². The van der Waals surface area contributed by atoms with Crippen LogP contribution in [-0.2, 0) is 12.2 Å². The monoisotopic (exact) mass is 470 g/mol. The zero-order chi connectivity index (χ0) is 23.5. The van der Waals surface area contributed by atoms with Crippen LogP contribution in [0.15, 0.2) is 72.8 Å². The van der Waals surface area contributed by atoms with Crippen LogP contribution in [-0.4, -0.2) is 29.6 Å². The van der Waals surface area contributed by atoms with Crippen LogP contribution in [0.1, 0.15) is 47.1 Å². The molecule has 1 N–H and O–H groups in total. The van der Waals surface area contributed by atoms with Crippen LogP contribution in [0.2, 0.25) is 5.02 Å². The number of ether oxygens (including phenoxy) is 1. The summed E-state index contributed by atoms with van der Waals surface area (Å²) >= 11 is 6.01. The van der Waals surface area contributed by atoms with Crippen molar-refractivity contribution < 1.29 is 9.84 Å². The number of halogens is 1. The fraction of sp³-hybridized carbons (Fsp3) is 0.276. The molecule has 0 spiro atoms. The minimum absolute atomic E-state index is 0.516. The molecule has 0 saturated carbocycles. The molecule has 5 rings (SSSR count). The Kier molecular flexibility index (Phi) is 6.43. The van der Waals surface area contributed by atoms with Crippen LogP contribution < -0.4 is 4.74 Å². The van der Waals surface area contributed by atoms with Gasteiger partial charge in [0.2, 0.25) is 0 Å². The van der Waals surface area contributed by atoms with E-state index in [4.69, 9.17) is 16.3 Å². The lowest BCUT2D eigenvalue weighted by Crippen LogP contribution is -2.42. The van der Waals surface area contributed by atoms with E-state index in [-0.39, 0.29) is 0 Å². The Morgan fingerprint density at radius 3 is 2.56 bits per heavy atom. The Balaban J connectivity index is 1.32. The third kappa shape index (κ3) is 4.60. The highest BCUT2D eigenvalue weighted by molar-refractivity contribution is 6.30. The maximum Gasteiger partial charge on any atom is 0.127 e. The summed E-state index contributed by atoms with van der Waals surface area (Å²) in [5.74, 6) is 0.812. The van der Waals surface area contributed by atoms with E-state index in [2.05, 4.69) is 29.2 Å². The molecule has 172 valence electrons. The van der Waals surface area contributed by atoms with Gasteiger partial charge in [-0.3, -0.25) is 0 Å². The molecular formula is C29H27ClN2O2. The predicted molar refractivity (Wildman–Crippen MR) is 135 cm³/mol. The van der Waals surface area contributed by atoms with Gasteiger partial charge in [0.1, 0.15) is 12.4 Å². The van der Waals surface area contributed by atoms with Gasteiger partial charge in [0.25, 0.3) is 0 Å². The molecule has 0 bridgehead atoms. The van der Waals surface area contributed by atoms with Gasteiger partial charge >= 0.3 is 0 Å². The van der Waals surface area contributed by atoms with Gasteiger partial charge in [0.05, 0.1) is 17.2 Å². The summed E-state index contributed by atoms with van der Waals surface area (Å²) in [6, 6.07) is 23.8. The molecule has 5 heteroatoms. The molecule has 0 aliphatic carbocycles. The van der Waals surface area contributed by atoms with Crippen molar-refractivity contribution in [2.45, 2.75) is 31.5 Å². The summed E-state index contributed by atoms with van der Waals surface area (Å²) in [6.07, 6.45) is 4.55. The summed E-state index contributed by atoms with van der Waals surface area (Å²) in [5.41, 5.74) is 5.18. The maximum absolute atomic E-state index is 11.2. The lowest BCUT2D eigenvalue weighted by atomic mass is 9.84. The quantitative estimate of drug-likeness (QED) is 0.515. The molecule has 4 nitrogen and oxygen atoms in total. The first-order chi connectivity index (χ1) is 16.6. The summed E-state index contributed by atoms with van der Waals surface area (Å²) in [6.45, 7) is 3.12. The van der Waals surface area contributed by atoms with Gasteiger partial charge in [-0.2, -0.15) is 5.26 Å². The van der Waals surface area contributed by atoms with Gasteiger partial charge in [-0.15, -0.1) is 0 Å². The molecule has 2 aliphatic heterocycles. The van der Waals surface area contributed by atoms with Gasteiger partial charge < -0.3 is 14.7 Å². The number of hydrogen-bond donors (Lipinski definition) is 1. The van der Waals surface area contributed by atoms with Gasteiger partial charge in [0, 0.05) is 30.2 Å². The Morgan fingerprint density at radius 2 is 1.79 bits per heavy atom. The van der Waals surface area contributed by atoms with Crippen LogP contribution in [0.4, 0.5) is 0 Å². The lowest BCUT2D eigenvalue weighted by Gasteiger charge is -2.38. The molecule has 0 amide bonds. The van der Waals surface area contributed by atoms with Gasteiger partial charge in [-0.1, -0.05) is 54.1 Å². The van der Waals surface area contributed by atoms with Crippen LogP contribution in [0, 0.1) is 11.3 Å². The van der Waals surface area contributed by atoms with Crippen molar-refractivity contribution in [1.29, 1.82) is 5.26 Å². The van der Waals surface area contributed by atoms with Crippen molar-refractivity contribution >= 4 is 17.2 Å². The smallest absolute Gasteiger partial charge is 0.127 e. The Morgan fingerprint density at radius 1 is 1.03 bits per heavy atom. The third-order valence-corrected chi connectivity index (χ3v) is 7.20. The number of likely N-dealkylation sites (tertiary alicyclic amines) is 1. The van der Waals surface area contributed by atoms with E-state index in [1.54, 1.807) is 0 Å². The number of benzene rings is 3. The Labute approximate surface area is 205 Å². The lowest BCUT2D eigenvalue weighted by molar-refractivity contribution is -0.0254. The van der Waals surface area contributed by atoms with Crippen LogP contribution >= 0.6 is 11.6 Å². The van der Waals surface area contributed by atoms with E-state index in [0.29, 0.717) is 30.0 Å². The standard InChI is InChI=1S/C29H27ClN2O2/c30-24-10-8-23(9-11-24)29(33)13-16-32(17-14-29)15-3-6-26-25-5-2-1-4-22(25)20-34-28-12-7-21(19-31)18-27(26)28/h1-2,4-12,18,33H,3,13-17,20H2/b26-6+. The zero-order valence-electron chi connectivity index (χ0n) is 19.0. The van der Waals surface area contributed by atoms with E-state index in [1.807, 2.05) is 54.6 Å². The number of piperidine rings is 1. The Hall–Kier alpha value is -3.10. The number of rotatable bonds is 4. The molecule has 0 radical (unpaired) electrons. The normalized spacial score (nSPS) is 18.3. The van der Waals surface area contributed by atoms with Crippen LogP contribution in [0.5, 0.6) is 5.75 Å². The van der Waals surface area contributed by atoms with E-state index in [9.17, 15) is 10.4 Å². The van der Waals surface area contributed by atoms with Crippen LogP contribution in [0.3, 0.4) is 0 Å². The van der Waals surface area contributed by atoms with Gasteiger partial charge in [-0.25, -0.2) is 0 Å². The number of hydrogen-bond acceptors (Lipinski definition) is 4. The van der Waals surface area contributed by atoms with Crippen molar-refractivity contribution in [2.75, 3.05) is 19.6 Å². The molecular weight excluding hydrogens is 444 g/mol. The third-order valence-electron chi connectivity index (χ3n) is 6.95. The van der Waals surface area contributed by atoms with Gasteiger partial charge in [0.15, 0.2) is 0 Å². The summed E-state index contributed by atoms with van der Waals surface area (Å²) in [4.78, 5) is 2.41. The number of fused-ring (bicyclic) bond motifs is 2. The number of aliphatic hydroxyl groups is 1. The fourth-order valence-electron chi connectivity index (χ4n) is 4.95. The van der Waals surface area contributed by atoms with E-state index in [0.717, 1.165) is 59.6 Å². The first kappa shape index (κ1) is 22.7. The van der Waals surface area contributed by atoms with Crippen molar-refractivity contribution in [1.82, 2.24) is 4.90 Å². The van der Waals surface area contributed by atoms with Crippen molar-refractivity contribution in [3.05, 3.63) is 106 Å². The van der Waals surface area contributed by atoms with Gasteiger partial charge in [-0.05, 0) is 71.9 Å². The maximum atomic E-state index is 11.2. The Bertz CT molecular complexity index is 1250. The van der Waals surface area contributed by atoms with Crippen molar-refractivity contribution in [3.63, 3.8) is 0 Å². The minimum atomic E-state index is -0.788. The SMILES string of the molecule is N#Cc1ccc2c(c1)/C(=C/CCN1CCC(O)(c3ccc(Cl)cc3)CC1)c1ccccc1CO2. The largest absolute Gasteiger partial charge is 0.488 e. The van der Waals surface area contributed by atoms with E-state index >= 15 is 0 Å². The summed E-state index contributed by atoms with van der Waals surface area (Å²) in [7, 11) is 0. The predicted octanol–water partition coefficient (Wildman–Crippen LogP) is 5.91. The highest BCUT2D eigenvalue weighted by Crippen LogP contribution is 2.38. The molecule has 0 aromatic heterocycles. The van der Waals surface area contributed by atoms with Crippen LogP contribution in [0.25, 0.3) is 5.57 Å². The fourth-order valence-corrected chi connectivity index (χ4v) is 5.08. The number of nitrogens with zero attached hydrogens (tertiary/aromatic N) is 2. The molecule has 0 atom stereocenters. The topological polar surface area (TPSA) is 56.5 Å². The summed E-state index contributed by atoms with van der Waals surface area (Å²) < 4.78 is 6.08.